The highest BCUT2D eigenvalue weighted by Crippen LogP contribution is 2.25. The van der Waals surface area contributed by atoms with Gasteiger partial charge in [0.1, 0.15) is 11.6 Å². The molecule has 0 unspecified atom stereocenters. The lowest BCUT2D eigenvalue weighted by Crippen LogP contribution is -2.06. The molecule has 1 aromatic heterocycles. The summed E-state index contributed by atoms with van der Waals surface area (Å²) in [6, 6.07) is 5.06. The summed E-state index contributed by atoms with van der Waals surface area (Å²) < 4.78 is 7.55. The maximum absolute atomic E-state index is 11.2. The zero-order valence-corrected chi connectivity index (χ0v) is 11.6. The minimum absolute atomic E-state index is 0.0125. The Morgan fingerprint density at radius 1 is 1.47 bits per heavy atom. The van der Waals surface area contributed by atoms with E-state index >= 15 is 0 Å². The second-order valence-electron chi connectivity index (χ2n) is 4.25. The number of aryl methyl sites for hydroxylation is 1. The average Bonchev–Trinajstić information content (AvgIpc) is 2.77. The van der Waals surface area contributed by atoms with Crippen LogP contribution in [0.15, 0.2) is 30.6 Å². The first kappa shape index (κ1) is 13.6. The van der Waals surface area contributed by atoms with Gasteiger partial charge in [-0.2, -0.15) is 0 Å². The number of hydrogen-bond acceptors (Lipinski definition) is 3. The van der Waals surface area contributed by atoms with Crippen LogP contribution in [-0.2, 0) is 13.5 Å². The maximum atomic E-state index is 11.2. The zero-order chi connectivity index (χ0) is 13.8. The van der Waals surface area contributed by atoms with Crippen LogP contribution in [0.3, 0.4) is 0 Å². The highest BCUT2D eigenvalue weighted by molar-refractivity contribution is 6.32. The van der Waals surface area contributed by atoms with E-state index < -0.39 is 0 Å². The third-order valence-electron chi connectivity index (χ3n) is 2.84. The van der Waals surface area contributed by atoms with E-state index in [0.29, 0.717) is 29.4 Å². The molecular weight excluding hydrogens is 264 g/mol. The van der Waals surface area contributed by atoms with Gasteiger partial charge < -0.3 is 9.30 Å². The van der Waals surface area contributed by atoms with Crippen LogP contribution in [0.2, 0.25) is 5.02 Å². The summed E-state index contributed by atoms with van der Waals surface area (Å²) >= 11 is 6.07. The van der Waals surface area contributed by atoms with E-state index in [0.717, 1.165) is 5.82 Å². The average molecular weight is 279 g/mol. The summed E-state index contributed by atoms with van der Waals surface area (Å²) in [5, 5.41) is 0.451. The molecule has 2 rings (SSSR count). The van der Waals surface area contributed by atoms with Crippen molar-refractivity contribution < 1.29 is 9.53 Å². The van der Waals surface area contributed by atoms with Gasteiger partial charge in [0.25, 0.3) is 0 Å². The molecule has 1 heterocycles. The van der Waals surface area contributed by atoms with Crippen molar-refractivity contribution in [2.45, 2.75) is 13.3 Å². The minimum atomic E-state index is -0.0125. The fourth-order valence-corrected chi connectivity index (χ4v) is 1.96. The van der Waals surface area contributed by atoms with Gasteiger partial charge in [-0.1, -0.05) is 11.6 Å². The van der Waals surface area contributed by atoms with E-state index in [-0.39, 0.29) is 5.78 Å². The van der Waals surface area contributed by atoms with Gasteiger partial charge in [-0.25, -0.2) is 4.98 Å². The number of rotatable bonds is 5. The molecule has 19 heavy (non-hydrogen) atoms. The Morgan fingerprint density at radius 2 is 2.26 bits per heavy atom. The number of imidazole rings is 1. The largest absolute Gasteiger partial charge is 0.492 e. The van der Waals surface area contributed by atoms with Crippen LogP contribution in [0.1, 0.15) is 23.1 Å². The molecule has 0 radical (unpaired) electrons. The van der Waals surface area contributed by atoms with Gasteiger partial charge in [0, 0.05) is 31.4 Å². The number of Topliss-reactive ketones (excluding diaryl/α,β-unsaturated/α-hetero) is 1. The quantitative estimate of drug-likeness (QED) is 0.790. The molecule has 0 aliphatic heterocycles. The summed E-state index contributed by atoms with van der Waals surface area (Å²) in [5.74, 6) is 1.53. The summed E-state index contributed by atoms with van der Waals surface area (Å²) in [6.45, 7) is 2.00. The van der Waals surface area contributed by atoms with Crippen molar-refractivity contribution in [3.63, 3.8) is 0 Å². The second kappa shape index (κ2) is 5.89. The number of benzene rings is 1. The first-order valence-electron chi connectivity index (χ1n) is 5.97. The number of carbonyl (C=O) groups excluding carboxylic acids is 1. The van der Waals surface area contributed by atoms with Crippen molar-refractivity contribution in [1.82, 2.24) is 9.55 Å². The molecule has 0 atom stereocenters. The molecule has 0 saturated carbocycles. The van der Waals surface area contributed by atoms with Crippen LogP contribution < -0.4 is 4.74 Å². The molecule has 0 bridgehead atoms. The highest BCUT2D eigenvalue weighted by atomic mass is 35.5. The Balaban J connectivity index is 1.96. The predicted octanol–water partition coefficient (Wildman–Crippen LogP) is 2.90. The van der Waals surface area contributed by atoms with Crippen molar-refractivity contribution in [2.75, 3.05) is 6.61 Å². The van der Waals surface area contributed by atoms with Gasteiger partial charge in [0.2, 0.25) is 0 Å². The summed E-state index contributed by atoms with van der Waals surface area (Å²) in [4.78, 5) is 15.4. The molecule has 0 amide bonds. The summed E-state index contributed by atoms with van der Waals surface area (Å²) in [6.07, 6.45) is 4.35. The number of carbonyl (C=O) groups is 1. The Kier molecular flexibility index (Phi) is 4.22. The molecule has 5 heteroatoms. The maximum Gasteiger partial charge on any atom is 0.159 e. The van der Waals surface area contributed by atoms with Crippen molar-refractivity contribution in [3.8, 4) is 5.75 Å². The highest BCUT2D eigenvalue weighted by Gasteiger charge is 2.06. The Bertz CT molecular complexity index is 593. The molecule has 0 saturated heterocycles. The SMILES string of the molecule is CC(=O)c1ccc(OCCc2nccn2C)c(Cl)c1. The molecular formula is C14H15ClN2O2. The van der Waals surface area contributed by atoms with Crippen molar-refractivity contribution in [1.29, 1.82) is 0 Å². The van der Waals surface area contributed by atoms with Crippen LogP contribution in [0.25, 0.3) is 0 Å². The molecule has 0 fully saturated rings. The minimum Gasteiger partial charge on any atom is -0.492 e. The summed E-state index contributed by atoms with van der Waals surface area (Å²) in [5.41, 5.74) is 0.585. The van der Waals surface area contributed by atoms with Crippen LogP contribution >= 0.6 is 11.6 Å². The number of ether oxygens (including phenoxy) is 1. The number of halogens is 1. The van der Waals surface area contributed by atoms with E-state index in [1.54, 1.807) is 24.4 Å². The van der Waals surface area contributed by atoms with Gasteiger partial charge >= 0.3 is 0 Å². The Hall–Kier alpha value is -1.81. The van der Waals surface area contributed by atoms with Gasteiger partial charge in [-0.15, -0.1) is 0 Å². The lowest BCUT2D eigenvalue weighted by atomic mass is 10.1. The normalized spacial score (nSPS) is 10.5. The third-order valence-corrected chi connectivity index (χ3v) is 3.14. The fraction of sp³-hybridized carbons (Fsp3) is 0.286. The summed E-state index contributed by atoms with van der Waals surface area (Å²) in [7, 11) is 1.94. The van der Waals surface area contributed by atoms with E-state index in [4.69, 9.17) is 16.3 Å². The molecule has 0 N–H and O–H groups in total. The fourth-order valence-electron chi connectivity index (χ4n) is 1.73. The first-order valence-corrected chi connectivity index (χ1v) is 6.35. The van der Waals surface area contributed by atoms with Crippen molar-refractivity contribution in [3.05, 3.63) is 47.0 Å². The zero-order valence-electron chi connectivity index (χ0n) is 10.9. The lowest BCUT2D eigenvalue weighted by molar-refractivity contribution is 0.101. The first-order chi connectivity index (χ1) is 9.08. The molecule has 1 aromatic carbocycles. The van der Waals surface area contributed by atoms with Gasteiger partial charge in [0.15, 0.2) is 5.78 Å². The van der Waals surface area contributed by atoms with E-state index in [1.165, 1.54) is 6.92 Å². The van der Waals surface area contributed by atoms with Crippen LogP contribution in [0, 0.1) is 0 Å². The van der Waals surface area contributed by atoms with Crippen LogP contribution in [0.4, 0.5) is 0 Å². The van der Waals surface area contributed by atoms with Crippen LogP contribution in [-0.4, -0.2) is 21.9 Å². The van der Waals surface area contributed by atoms with Gasteiger partial charge in [0.05, 0.1) is 11.6 Å². The molecule has 0 aliphatic carbocycles. The monoisotopic (exact) mass is 278 g/mol. The van der Waals surface area contributed by atoms with Gasteiger partial charge in [-0.05, 0) is 25.1 Å². The number of nitrogens with zero attached hydrogens (tertiary/aromatic N) is 2. The van der Waals surface area contributed by atoms with E-state index in [2.05, 4.69) is 4.98 Å². The van der Waals surface area contributed by atoms with Gasteiger partial charge in [-0.3, -0.25) is 4.79 Å². The predicted molar refractivity (Wildman–Crippen MR) is 73.9 cm³/mol. The smallest absolute Gasteiger partial charge is 0.159 e. The molecule has 4 nitrogen and oxygen atoms in total. The van der Waals surface area contributed by atoms with Crippen LogP contribution in [0.5, 0.6) is 5.75 Å². The van der Waals surface area contributed by atoms with E-state index in [9.17, 15) is 4.79 Å². The number of ketones is 1. The lowest BCUT2D eigenvalue weighted by Gasteiger charge is -2.08. The Morgan fingerprint density at radius 3 is 2.84 bits per heavy atom. The van der Waals surface area contributed by atoms with E-state index in [1.807, 2.05) is 17.8 Å². The number of hydrogen-bond donors (Lipinski definition) is 0. The second-order valence-corrected chi connectivity index (χ2v) is 4.66. The molecule has 2 aromatic rings. The Labute approximate surface area is 117 Å². The standard InChI is InChI=1S/C14H15ClN2O2/c1-10(18)11-3-4-13(12(15)9-11)19-8-5-14-16-6-7-17(14)2/h3-4,6-7,9H,5,8H2,1-2H3. The molecule has 0 spiro atoms. The van der Waals surface area contributed by atoms with Crippen molar-refractivity contribution >= 4 is 17.4 Å². The molecule has 0 aliphatic rings. The van der Waals surface area contributed by atoms with Crippen molar-refractivity contribution in [2.24, 2.45) is 7.05 Å². The third kappa shape index (κ3) is 3.35. The molecule has 100 valence electrons. The topological polar surface area (TPSA) is 44.1 Å². The number of aromatic nitrogens is 2.